The Balaban J connectivity index is 1.81. The number of anilines is 1. The second kappa shape index (κ2) is 10.0. The third-order valence-corrected chi connectivity index (χ3v) is 4.85. The van der Waals surface area contributed by atoms with Crippen LogP contribution in [0.3, 0.4) is 0 Å². The highest BCUT2D eigenvalue weighted by Gasteiger charge is 2.15. The number of hydrogen-bond donors (Lipinski definition) is 2. The van der Waals surface area contributed by atoms with Gasteiger partial charge in [-0.05, 0) is 37.1 Å². The number of benzene rings is 2. The van der Waals surface area contributed by atoms with Crippen molar-refractivity contribution in [2.24, 2.45) is 5.92 Å². The lowest BCUT2D eigenvalue weighted by molar-refractivity contribution is -0.121. The molecule has 0 bridgehead atoms. The van der Waals surface area contributed by atoms with Gasteiger partial charge in [0.1, 0.15) is 12.2 Å². The zero-order valence-electron chi connectivity index (χ0n) is 18.1. The normalized spacial score (nSPS) is 11.0. The molecule has 31 heavy (non-hydrogen) atoms. The molecule has 7 heteroatoms. The molecule has 0 spiro atoms. The minimum absolute atomic E-state index is 0.119. The maximum absolute atomic E-state index is 13.1. The Morgan fingerprint density at radius 1 is 1.03 bits per heavy atom. The summed E-state index contributed by atoms with van der Waals surface area (Å²) in [5.74, 6) is -0.0679. The van der Waals surface area contributed by atoms with Crippen molar-refractivity contribution in [1.29, 1.82) is 0 Å². The minimum atomic E-state index is -0.352. The third-order valence-electron chi connectivity index (χ3n) is 4.85. The van der Waals surface area contributed by atoms with Crippen molar-refractivity contribution in [2.75, 3.05) is 11.9 Å². The maximum Gasteiger partial charge on any atom is 0.273 e. The fourth-order valence-electron chi connectivity index (χ4n) is 3.18. The Morgan fingerprint density at radius 3 is 2.45 bits per heavy atom. The number of hydrogen-bond acceptors (Lipinski definition) is 4. The molecular weight excluding hydrogens is 392 g/mol. The molecule has 2 N–H and O–H groups in total. The molecular formula is C24H28N4O3. The minimum Gasteiger partial charge on any atom is -0.356 e. The molecule has 7 nitrogen and oxygen atoms in total. The molecule has 0 aliphatic rings. The van der Waals surface area contributed by atoms with Crippen LogP contribution in [0.25, 0.3) is 11.0 Å². The van der Waals surface area contributed by atoms with Crippen molar-refractivity contribution in [3.8, 4) is 0 Å². The van der Waals surface area contributed by atoms with E-state index in [1.54, 1.807) is 18.2 Å². The van der Waals surface area contributed by atoms with E-state index in [0.29, 0.717) is 29.2 Å². The Morgan fingerprint density at radius 2 is 1.74 bits per heavy atom. The number of nitrogens with zero attached hydrogens (tertiary/aromatic N) is 2. The van der Waals surface area contributed by atoms with E-state index in [-0.39, 0.29) is 42.5 Å². The first-order chi connectivity index (χ1) is 14.8. The summed E-state index contributed by atoms with van der Waals surface area (Å²) in [5.41, 5.74) is 2.89. The first kappa shape index (κ1) is 22.2. The van der Waals surface area contributed by atoms with E-state index in [1.165, 1.54) is 4.57 Å². The number of aromatic nitrogens is 2. The largest absolute Gasteiger partial charge is 0.356 e. The molecule has 0 saturated carbocycles. The molecule has 1 heterocycles. The van der Waals surface area contributed by atoms with Gasteiger partial charge in [-0.3, -0.25) is 19.0 Å². The lowest BCUT2D eigenvalue weighted by atomic mass is 10.2. The number of rotatable bonds is 8. The lowest BCUT2D eigenvalue weighted by Crippen LogP contribution is -2.32. The highest BCUT2D eigenvalue weighted by atomic mass is 16.2. The van der Waals surface area contributed by atoms with Crippen molar-refractivity contribution in [3.05, 3.63) is 70.1 Å². The quantitative estimate of drug-likeness (QED) is 0.586. The lowest BCUT2D eigenvalue weighted by Gasteiger charge is -2.13. The van der Waals surface area contributed by atoms with Gasteiger partial charge in [-0.15, -0.1) is 0 Å². The summed E-state index contributed by atoms with van der Waals surface area (Å²) in [5, 5.41) is 5.67. The highest BCUT2D eigenvalue weighted by molar-refractivity contribution is 5.91. The van der Waals surface area contributed by atoms with Gasteiger partial charge in [-0.2, -0.15) is 0 Å². The fourth-order valence-corrected chi connectivity index (χ4v) is 3.18. The average Bonchev–Trinajstić information content (AvgIpc) is 2.74. The molecule has 0 fully saturated rings. The molecule has 3 rings (SSSR count). The second-order valence-corrected chi connectivity index (χ2v) is 8.05. The van der Waals surface area contributed by atoms with E-state index in [9.17, 15) is 14.4 Å². The van der Waals surface area contributed by atoms with Crippen molar-refractivity contribution in [1.82, 2.24) is 14.9 Å². The molecule has 0 saturated heterocycles. The number of carbonyl (C=O) groups excluding carboxylic acids is 2. The Hall–Kier alpha value is -3.48. The van der Waals surface area contributed by atoms with Crippen molar-refractivity contribution in [2.45, 2.75) is 40.2 Å². The van der Waals surface area contributed by atoms with Crippen LogP contribution in [0.5, 0.6) is 0 Å². The first-order valence-corrected chi connectivity index (χ1v) is 10.4. The summed E-state index contributed by atoms with van der Waals surface area (Å²) in [4.78, 5) is 42.2. The van der Waals surface area contributed by atoms with Crippen LogP contribution in [-0.2, 0) is 22.6 Å². The molecule has 0 aliphatic carbocycles. The van der Waals surface area contributed by atoms with Gasteiger partial charge < -0.3 is 10.6 Å². The molecule has 0 aliphatic heterocycles. The summed E-state index contributed by atoms with van der Waals surface area (Å²) in [7, 11) is 0. The van der Waals surface area contributed by atoms with Gasteiger partial charge in [0.2, 0.25) is 11.8 Å². The van der Waals surface area contributed by atoms with E-state index >= 15 is 0 Å². The highest BCUT2D eigenvalue weighted by Crippen LogP contribution is 2.12. The van der Waals surface area contributed by atoms with E-state index in [4.69, 9.17) is 0 Å². The molecule has 0 atom stereocenters. The molecule has 3 aromatic rings. The Bertz CT molecular complexity index is 1130. The number of nitrogens with one attached hydrogen (secondary N) is 2. The summed E-state index contributed by atoms with van der Waals surface area (Å²) < 4.78 is 1.42. The monoisotopic (exact) mass is 420 g/mol. The summed E-state index contributed by atoms with van der Waals surface area (Å²) >= 11 is 0. The van der Waals surface area contributed by atoms with E-state index in [0.717, 1.165) is 5.56 Å². The van der Waals surface area contributed by atoms with Crippen LogP contribution in [0.1, 0.15) is 31.5 Å². The second-order valence-electron chi connectivity index (χ2n) is 8.05. The zero-order valence-corrected chi connectivity index (χ0v) is 18.1. The van der Waals surface area contributed by atoms with E-state index in [1.807, 2.05) is 51.1 Å². The molecule has 0 radical (unpaired) electrons. The molecule has 2 amide bonds. The zero-order chi connectivity index (χ0) is 22.4. The van der Waals surface area contributed by atoms with E-state index in [2.05, 4.69) is 15.6 Å². The predicted molar refractivity (Wildman–Crippen MR) is 122 cm³/mol. The number of aryl methyl sites for hydroxylation is 2. The van der Waals surface area contributed by atoms with Crippen LogP contribution < -0.4 is 16.2 Å². The van der Waals surface area contributed by atoms with Gasteiger partial charge in [-0.1, -0.05) is 43.7 Å². The van der Waals surface area contributed by atoms with Gasteiger partial charge >= 0.3 is 0 Å². The Kier molecular flexibility index (Phi) is 7.18. The smallest absolute Gasteiger partial charge is 0.273 e. The number of carbonyl (C=O) groups is 2. The van der Waals surface area contributed by atoms with Gasteiger partial charge in [0.15, 0.2) is 0 Å². The number of fused-ring (bicyclic) bond motifs is 1. The van der Waals surface area contributed by atoms with Crippen LogP contribution >= 0.6 is 0 Å². The van der Waals surface area contributed by atoms with Crippen LogP contribution in [0.2, 0.25) is 0 Å². The van der Waals surface area contributed by atoms with Crippen LogP contribution in [0.15, 0.2) is 53.3 Å². The van der Waals surface area contributed by atoms with Crippen LogP contribution in [0, 0.1) is 12.8 Å². The van der Waals surface area contributed by atoms with Crippen molar-refractivity contribution >= 4 is 28.5 Å². The van der Waals surface area contributed by atoms with Gasteiger partial charge in [0.05, 0.1) is 11.0 Å². The topological polar surface area (TPSA) is 93.1 Å². The molecule has 2 aromatic carbocycles. The van der Waals surface area contributed by atoms with Gasteiger partial charge in [0, 0.05) is 25.1 Å². The van der Waals surface area contributed by atoms with Crippen LogP contribution in [-0.4, -0.2) is 27.9 Å². The summed E-state index contributed by atoms with van der Waals surface area (Å²) in [6.45, 7) is 6.46. The van der Waals surface area contributed by atoms with Crippen molar-refractivity contribution in [3.63, 3.8) is 0 Å². The SMILES string of the molecule is Cc1ccc(NC(=O)Cn2c(=O)c(CCC(=O)NCC(C)C)nc3ccccc32)cc1. The molecule has 0 unspecified atom stereocenters. The summed E-state index contributed by atoms with van der Waals surface area (Å²) in [6, 6.07) is 14.7. The maximum atomic E-state index is 13.1. The molecule has 1 aromatic heterocycles. The van der Waals surface area contributed by atoms with Gasteiger partial charge in [0.25, 0.3) is 5.56 Å². The predicted octanol–water partition coefficient (Wildman–Crippen LogP) is 3.05. The molecule has 162 valence electrons. The first-order valence-electron chi connectivity index (χ1n) is 10.4. The number of para-hydroxylation sites is 2. The fraction of sp³-hybridized carbons (Fsp3) is 0.333. The van der Waals surface area contributed by atoms with Crippen LogP contribution in [0.4, 0.5) is 5.69 Å². The summed E-state index contributed by atoms with van der Waals surface area (Å²) in [6.07, 6.45) is 0.385. The third kappa shape index (κ3) is 6.01. The Labute approximate surface area is 181 Å². The van der Waals surface area contributed by atoms with E-state index < -0.39 is 0 Å². The standard InChI is InChI=1S/C24H28N4O3/c1-16(2)14-25-22(29)13-12-20-24(31)28(21-7-5-4-6-19(21)27-20)15-23(30)26-18-10-8-17(3)9-11-18/h4-11,16H,12-15H2,1-3H3,(H,25,29)(H,26,30). The van der Waals surface area contributed by atoms with Crippen molar-refractivity contribution < 1.29 is 9.59 Å². The average molecular weight is 421 g/mol. The van der Waals surface area contributed by atoms with Gasteiger partial charge in [-0.25, -0.2) is 4.98 Å². The number of amides is 2.